The number of benzene rings is 2. The van der Waals surface area contributed by atoms with Gasteiger partial charge >= 0.3 is 0 Å². The van der Waals surface area contributed by atoms with Crippen LogP contribution in [0.5, 0.6) is 0 Å². The van der Waals surface area contributed by atoms with E-state index in [1.165, 1.54) is 4.57 Å². The molecule has 0 atom stereocenters. The van der Waals surface area contributed by atoms with Crippen LogP contribution in [0.3, 0.4) is 0 Å². The number of anilines is 1. The van der Waals surface area contributed by atoms with Crippen LogP contribution in [-0.4, -0.2) is 16.3 Å². The number of carbonyl (C=O) groups is 2. The van der Waals surface area contributed by atoms with E-state index < -0.39 is 11.5 Å². The second-order valence-electron chi connectivity index (χ2n) is 9.17. The average Bonchev–Trinajstić information content (AvgIpc) is 2.69. The molecule has 2 aromatic carbocycles. The molecule has 1 aromatic heterocycles. The minimum absolute atomic E-state index is 0.0415. The molecule has 1 heterocycles. The zero-order valence-corrected chi connectivity index (χ0v) is 18.3. The lowest BCUT2D eigenvalue weighted by Crippen LogP contribution is -2.37. The molecular formula is C26H26N2O3. The van der Waals surface area contributed by atoms with Gasteiger partial charge in [0.15, 0.2) is 5.78 Å². The predicted molar refractivity (Wildman–Crippen MR) is 122 cm³/mol. The maximum atomic E-state index is 13.5. The zero-order chi connectivity index (χ0) is 22.3. The molecule has 0 bridgehead atoms. The van der Waals surface area contributed by atoms with Crippen LogP contribution >= 0.6 is 0 Å². The SMILES string of the molecule is Cc1ccc(NC(=O)c2c3c(cn(-c4ccc(C)cc4)c2=O)C(=O)CC(C)(C)C3)cc1. The molecule has 5 heteroatoms. The lowest BCUT2D eigenvalue weighted by molar-refractivity contribution is 0.0910. The number of nitrogens with zero attached hydrogens (tertiary/aromatic N) is 1. The molecule has 4 rings (SSSR count). The Bertz CT molecular complexity index is 1230. The Morgan fingerprint density at radius 2 is 1.48 bits per heavy atom. The van der Waals surface area contributed by atoms with Gasteiger partial charge in [0.1, 0.15) is 5.56 Å². The van der Waals surface area contributed by atoms with Crippen LogP contribution in [-0.2, 0) is 6.42 Å². The maximum Gasteiger partial charge on any atom is 0.268 e. The van der Waals surface area contributed by atoms with Crippen molar-refractivity contribution < 1.29 is 9.59 Å². The van der Waals surface area contributed by atoms with Crippen LogP contribution in [0.2, 0.25) is 0 Å². The summed E-state index contributed by atoms with van der Waals surface area (Å²) in [6, 6.07) is 14.8. The Hall–Kier alpha value is -3.47. The van der Waals surface area contributed by atoms with Crippen molar-refractivity contribution in [2.75, 3.05) is 5.32 Å². The predicted octanol–water partition coefficient (Wildman–Crippen LogP) is 4.86. The van der Waals surface area contributed by atoms with E-state index in [9.17, 15) is 14.4 Å². The molecule has 0 saturated heterocycles. The van der Waals surface area contributed by atoms with E-state index in [-0.39, 0.29) is 16.8 Å². The first-order valence-corrected chi connectivity index (χ1v) is 10.4. The van der Waals surface area contributed by atoms with Gasteiger partial charge in [0.2, 0.25) is 0 Å². The van der Waals surface area contributed by atoms with Crippen molar-refractivity contribution in [1.29, 1.82) is 0 Å². The highest BCUT2D eigenvalue weighted by molar-refractivity contribution is 6.08. The van der Waals surface area contributed by atoms with Gasteiger partial charge in [-0.3, -0.25) is 19.0 Å². The molecule has 0 fully saturated rings. The molecule has 3 aromatic rings. The van der Waals surface area contributed by atoms with Gasteiger partial charge in [-0.1, -0.05) is 49.2 Å². The van der Waals surface area contributed by atoms with Crippen molar-refractivity contribution in [2.24, 2.45) is 5.41 Å². The van der Waals surface area contributed by atoms with E-state index in [1.807, 2.05) is 64.1 Å². The van der Waals surface area contributed by atoms with E-state index >= 15 is 0 Å². The lowest BCUT2D eigenvalue weighted by Gasteiger charge is -2.31. The standard InChI is InChI=1S/C26H26N2O3/c1-16-5-9-18(10-6-16)27-24(30)23-20-13-26(3,4)14-22(29)21(20)15-28(25(23)31)19-11-7-17(2)8-12-19/h5-12,15H,13-14H2,1-4H3,(H,27,30). The molecule has 1 aliphatic carbocycles. The number of amides is 1. The summed E-state index contributed by atoms with van der Waals surface area (Å²) in [5.41, 5.74) is 3.67. The molecule has 1 aliphatic rings. The Labute approximate surface area is 181 Å². The number of aromatic nitrogens is 1. The Morgan fingerprint density at radius 3 is 2.10 bits per heavy atom. The quantitative estimate of drug-likeness (QED) is 0.665. The summed E-state index contributed by atoms with van der Waals surface area (Å²) >= 11 is 0. The molecule has 31 heavy (non-hydrogen) atoms. The minimum Gasteiger partial charge on any atom is -0.322 e. The van der Waals surface area contributed by atoms with Gasteiger partial charge < -0.3 is 5.32 Å². The third-order valence-electron chi connectivity index (χ3n) is 5.76. The normalized spacial score (nSPS) is 14.8. The van der Waals surface area contributed by atoms with Crippen LogP contribution in [0, 0.1) is 19.3 Å². The fourth-order valence-corrected chi connectivity index (χ4v) is 4.11. The van der Waals surface area contributed by atoms with Crippen molar-refractivity contribution in [3.8, 4) is 5.69 Å². The second-order valence-corrected chi connectivity index (χ2v) is 9.17. The topological polar surface area (TPSA) is 68.2 Å². The van der Waals surface area contributed by atoms with E-state index in [0.29, 0.717) is 35.3 Å². The summed E-state index contributed by atoms with van der Waals surface area (Å²) in [7, 11) is 0. The number of nitrogens with one attached hydrogen (secondary N) is 1. The van der Waals surface area contributed by atoms with Gasteiger partial charge in [-0.15, -0.1) is 0 Å². The van der Waals surface area contributed by atoms with Crippen molar-refractivity contribution in [3.63, 3.8) is 0 Å². The molecule has 158 valence electrons. The summed E-state index contributed by atoms with van der Waals surface area (Å²) in [6.45, 7) is 7.90. The highest BCUT2D eigenvalue weighted by Crippen LogP contribution is 2.36. The summed E-state index contributed by atoms with van der Waals surface area (Å²) in [5, 5.41) is 2.84. The number of hydrogen-bond donors (Lipinski definition) is 1. The molecule has 0 spiro atoms. The average molecular weight is 415 g/mol. The second kappa shape index (κ2) is 7.65. The van der Waals surface area contributed by atoms with Crippen molar-refractivity contribution in [3.05, 3.63) is 92.9 Å². The summed E-state index contributed by atoms with van der Waals surface area (Å²) in [5.74, 6) is -0.534. The molecule has 1 N–H and O–H groups in total. The Balaban J connectivity index is 1.90. The van der Waals surface area contributed by atoms with Crippen LogP contribution in [0.15, 0.2) is 59.5 Å². The molecule has 0 radical (unpaired) electrons. The largest absolute Gasteiger partial charge is 0.322 e. The van der Waals surface area contributed by atoms with Crippen molar-refractivity contribution in [2.45, 2.75) is 40.5 Å². The fraction of sp³-hybridized carbons (Fsp3) is 0.269. The number of ketones is 1. The van der Waals surface area contributed by atoms with Crippen molar-refractivity contribution in [1.82, 2.24) is 4.57 Å². The summed E-state index contributed by atoms with van der Waals surface area (Å²) in [6.07, 6.45) is 2.47. The van der Waals surface area contributed by atoms with Gasteiger partial charge in [0, 0.05) is 29.6 Å². The molecule has 5 nitrogen and oxygen atoms in total. The molecule has 0 unspecified atom stereocenters. The maximum absolute atomic E-state index is 13.5. The van der Waals surface area contributed by atoms with Crippen LogP contribution in [0.25, 0.3) is 5.69 Å². The van der Waals surface area contributed by atoms with Gasteiger partial charge in [-0.05, 0) is 55.5 Å². The first kappa shape index (κ1) is 20.8. The number of aryl methyl sites for hydroxylation is 2. The number of fused-ring (bicyclic) bond motifs is 1. The van der Waals surface area contributed by atoms with E-state index in [0.717, 1.165) is 11.1 Å². The Morgan fingerprint density at radius 1 is 0.903 bits per heavy atom. The number of pyridine rings is 1. The molecule has 0 aliphatic heterocycles. The fourth-order valence-electron chi connectivity index (χ4n) is 4.11. The highest BCUT2D eigenvalue weighted by atomic mass is 16.2. The number of hydrogen-bond acceptors (Lipinski definition) is 3. The van der Waals surface area contributed by atoms with Gasteiger partial charge in [0.25, 0.3) is 11.5 Å². The van der Waals surface area contributed by atoms with Crippen LogP contribution in [0.4, 0.5) is 5.69 Å². The van der Waals surface area contributed by atoms with Crippen LogP contribution < -0.4 is 10.9 Å². The van der Waals surface area contributed by atoms with E-state index in [1.54, 1.807) is 18.3 Å². The molecule has 1 amide bonds. The third kappa shape index (κ3) is 4.08. The number of carbonyl (C=O) groups excluding carboxylic acids is 2. The lowest BCUT2D eigenvalue weighted by atomic mass is 9.73. The minimum atomic E-state index is -0.489. The van der Waals surface area contributed by atoms with Crippen molar-refractivity contribution >= 4 is 17.4 Å². The monoisotopic (exact) mass is 414 g/mol. The molecular weight excluding hydrogens is 388 g/mol. The summed E-state index contributed by atoms with van der Waals surface area (Å²) < 4.78 is 1.42. The highest BCUT2D eigenvalue weighted by Gasteiger charge is 2.36. The number of Topliss-reactive ketones (excluding diaryl/α,β-unsaturated/α-hetero) is 1. The molecule has 0 saturated carbocycles. The smallest absolute Gasteiger partial charge is 0.268 e. The third-order valence-corrected chi connectivity index (χ3v) is 5.76. The first-order valence-electron chi connectivity index (χ1n) is 10.4. The van der Waals surface area contributed by atoms with E-state index in [4.69, 9.17) is 0 Å². The zero-order valence-electron chi connectivity index (χ0n) is 18.3. The van der Waals surface area contributed by atoms with Crippen LogP contribution in [0.1, 0.15) is 57.7 Å². The first-order chi connectivity index (χ1) is 14.6. The Kier molecular flexibility index (Phi) is 5.13. The number of rotatable bonds is 3. The summed E-state index contributed by atoms with van der Waals surface area (Å²) in [4.78, 5) is 39.8. The van der Waals surface area contributed by atoms with Gasteiger partial charge in [-0.2, -0.15) is 0 Å². The van der Waals surface area contributed by atoms with Gasteiger partial charge in [-0.25, -0.2) is 0 Å². The van der Waals surface area contributed by atoms with E-state index in [2.05, 4.69) is 5.32 Å². The van der Waals surface area contributed by atoms with Gasteiger partial charge in [0.05, 0.1) is 0 Å².